The largest absolute Gasteiger partial charge is 0.435 e. The van der Waals surface area contributed by atoms with Gasteiger partial charge in [0.25, 0.3) is 0 Å². The highest BCUT2D eigenvalue weighted by Crippen LogP contribution is 2.20. The summed E-state index contributed by atoms with van der Waals surface area (Å²) in [7, 11) is 0. The maximum atomic E-state index is 11.9. The van der Waals surface area contributed by atoms with E-state index in [0.717, 1.165) is 11.4 Å². The zero-order valence-electron chi connectivity index (χ0n) is 8.94. The molecule has 0 amide bonds. The maximum absolute atomic E-state index is 11.9. The maximum Gasteiger partial charge on any atom is 0.387 e. The number of benzene rings is 2. The third-order valence-corrected chi connectivity index (χ3v) is 2.14. The summed E-state index contributed by atoms with van der Waals surface area (Å²) in [5.41, 5.74) is 1.76. The van der Waals surface area contributed by atoms with Crippen LogP contribution in [0.3, 0.4) is 0 Å². The Kier molecular flexibility index (Phi) is 3.55. The fourth-order valence-electron chi connectivity index (χ4n) is 1.41. The summed E-state index contributed by atoms with van der Waals surface area (Å²) in [5.74, 6) is 0.151. The molecule has 0 aliphatic carbocycles. The molecule has 4 heteroatoms. The molecular formula is C13H11F2NO. The van der Waals surface area contributed by atoms with Crippen molar-refractivity contribution in [3.05, 3.63) is 54.6 Å². The first-order chi connectivity index (χ1) is 8.24. The molecule has 0 unspecified atom stereocenters. The minimum Gasteiger partial charge on any atom is -0.435 e. The van der Waals surface area contributed by atoms with Crippen LogP contribution in [-0.2, 0) is 0 Å². The van der Waals surface area contributed by atoms with E-state index in [4.69, 9.17) is 0 Å². The lowest BCUT2D eigenvalue weighted by Gasteiger charge is -2.08. The predicted molar refractivity (Wildman–Crippen MR) is 62.8 cm³/mol. The first-order valence-electron chi connectivity index (χ1n) is 5.11. The molecule has 0 saturated carbocycles. The molecule has 0 atom stereocenters. The van der Waals surface area contributed by atoms with Crippen LogP contribution in [0.25, 0.3) is 0 Å². The van der Waals surface area contributed by atoms with Gasteiger partial charge in [-0.15, -0.1) is 0 Å². The van der Waals surface area contributed by atoms with Gasteiger partial charge in [-0.2, -0.15) is 8.78 Å². The van der Waals surface area contributed by atoms with Crippen LogP contribution in [0.2, 0.25) is 0 Å². The van der Waals surface area contributed by atoms with Crippen molar-refractivity contribution in [1.29, 1.82) is 0 Å². The molecule has 0 spiro atoms. The summed E-state index contributed by atoms with van der Waals surface area (Å²) >= 11 is 0. The molecule has 2 rings (SSSR count). The van der Waals surface area contributed by atoms with Gasteiger partial charge in [0.15, 0.2) is 0 Å². The van der Waals surface area contributed by atoms with Crippen molar-refractivity contribution >= 4 is 11.4 Å². The minimum absolute atomic E-state index is 0.151. The molecule has 17 heavy (non-hydrogen) atoms. The zero-order valence-corrected chi connectivity index (χ0v) is 8.94. The van der Waals surface area contributed by atoms with Crippen molar-refractivity contribution in [2.45, 2.75) is 6.61 Å². The predicted octanol–water partition coefficient (Wildman–Crippen LogP) is 4.03. The molecule has 0 aliphatic rings. The molecule has 2 aromatic carbocycles. The third kappa shape index (κ3) is 3.45. The first-order valence-corrected chi connectivity index (χ1v) is 5.11. The van der Waals surface area contributed by atoms with E-state index >= 15 is 0 Å². The van der Waals surface area contributed by atoms with E-state index in [1.807, 2.05) is 30.3 Å². The number of halogens is 2. The average Bonchev–Trinajstić information content (AvgIpc) is 2.32. The van der Waals surface area contributed by atoms with Gasteiger partial charge in [-0.05, 0) is 36.4 Å². The zero-order chi connectivity index (χ0) is 12.1. The number of alkyl halides is 2. The quantitative estimate of drug-likeness (QED) is 0.863. The van der Waals surface area contributed by atoms with Crippen molar-refractivity contribution in [1.82, 2.24) is 0 Å². The number of hydrogen-bond acceptors (Lipinski definition) is 2. The minimum atomic E-state index is -2.79. The Labute approximate surface area is 97.8 Å². The summed E-state index contributed by atoms with van der Waals surface area (Å²) in [4.78, 5) is 0. The Morgan fingerprint density at radius 2 is 1.41 bits per heavy atom. The lowest BCUT2D eigenvalue weighted by molar-refractivity contribution is -0.0498. The number of nitrogens with one attached hydrogen (secondary N) is 1. The van der Waals surface area contributed by atoms with Crippen LogP contribution in [-0.4, -0.2) is 6.61 Å². The van der Waals surface area contributed by atoms with E-state index in [2.05, 4.69) is 10.1 Å². The summed E-state index contributed by atoms with van der Waals surface area (Å²) in [6.45, 7) is -2.79. The summed E-state index contributed by atoms with van der Waals surface area (Å²) < 4.78 is 28.1. The Balaban J connectivity index is 2.03. The lowest BCUT2D eigenvalue weighted by atomic mass is 10.2. The number of hydrogen-bond donors (Lipinski definition) is 1. The second-order valence-corrected chi connectivity index (χ2v) is 3.39. The Bertz CT molecular complexity index is 457. The van der Waals surface area contributed by atoms with Crippen molar-refractivity contribution in [3.8, 4) is 5.75 Å². The highest BCUT2D eigenvalue weighted by atomic mass is 19.3. The van der Waals surface area contributed by atoms with Gasteiger partial charge in [0.05, 0.1) is 0 Å². The molecule has 0 fully saturated rings. The smallest absolute Gasteiger partial charge is 0.387 e. The van der Waals surface area contributed by atoms with Gasteiger partial charge in [-0.3, -0.25) is 0 Å². The Morgan fingerprint density at radius 1 is 0.824 bits per heavy atom. The third-order valence-electron chi connectivity index (χ3n) is 2.14. The normalized spacial score (nSPS) is 10.3. The Morgan fingerprint density at radius 3 is 2.00 bits per heavy atom. The number of anilines is 2. The fraction of sp³-hybridized carbons (Fsp3) is 0.0769. The molecule has 88 valence electrons. The van der Waals surface area contributed by atoms with Crippen LogP contribution in [0.1, 0.15) is 0 Å². The standard InChI is InChI=1S/C13H11F2NO/c14-13(15)17-12-8-6-11(7-9-12)16-10-4-2-1-3-5-10/h1-9,13,16H. The molecular weight excluding hydrogens is 224 g/mol. The van der Waals surface area contributed by atoms with E-state index in [-0.39, 0.29) is 5.75 Å². The van der Waals surface area contributed by atoms with Crippen molar-refractivity contribution < 1.29 is 13.5 Å². The second kappa shape index (κ2) is 5.30. The van der Waals surface area contributed by atoms with Crippen LogP contribution in [0.15, 0.2) is 54.6 Å². The van der Waals surface area contributed by atoms with Crippen LogP contribution in [0.5, 0.6) is 5.75 Å². The number of rotatable bonds is 4. The first kappa shape index (κ1) is 11.4. The van der Waals surface area contributed by atoms with E-state index in [9.17, 15) is 8.78 Å². The molecule has 0 bridgehead atoms. The van der Waals surface area contributed by atoms with Crippen LogP contribution in [0.4, 0.5) is 20.2 Å². The molecule has 0 aliphatic heterocycles. The monoisotopic (exact) mass is 235 g/mol. The van der Waals surface area contributed by atoms with Gasteiger partial charge in [0, 0.05) is 11.4 Å². The van der Waals surface area contributed by atoms with Crippen molar-refractivity contribution in [3.63, 3.8) is 0 Å². The Hall–Kier alpha value is -2.10. The van der Waals surface area contributed by atoms with E-state index in [0.29, 0.717) is 0 Å². The molecule has 1 N–H and O–H groups in total. The van der Waals surface area contributed by atoms with E-state index < -0.39 is 6.61 Å². The number of para-hydroxylation sites is 1. The highest BCUT2D eigenvalue weighted by Gasteiger charge is 2.03. The van der Waals surface area contributed by atoms with Gasteiger partial charge < -0.3 is 10.1 Å². The SMILES string of the molecule is FC(F)Oc1ccc(Nc2ccccc2)cc1. The van der Waals surface area contributed by atoms with E-state index in [1.165, 1.54) is 12.1 Å². The lowest BCUT2D eigenvalue weighted by Crippen LogP contribution is -2.01. The summed E-state index contributed by atoms with van der Waals surface area (Å²) in [5, 5.41) is 3.14. The highest BCUT2D eigenvalue weighted by molar-refractivity contribution is 5.59. The van der Waals surface area contributed by atoms with Crippen LogP contribution < -0.4 is 10.1 Å². The molecule has 0 aromatic heterocycles. The second-order valence-electron chi connectivity index (χ2n) is 3.39. The van der Waals surface area contributed by atoms with Crippen molar-refractivity contribution in [2.75, 3.05) is 5.32 Å². The average molecular weight is 235 g/mol. The van der Waals surface area contributed by atoms with Gasteiger partial charge in [-0.1, -0.05) is 18.2 Å². The van der Waals surface area contributed by atoms with Crippen LogP contribution in [0, 0.1) is 0 Å². The number of ether oxygens (including phenoxy) is 1. The fourth-order valence-corrected chi connectivity index (χ4v) is 1.41. The molecule has 0 heterocycles. The van der Waals surface area contributed by atoms with Gasteiger partial charge in [-0.25, -0.2) is 0 Å². The van der Waals surface area contributed by atoms with Gasteiger partial charge in [0.1, 0.15) is 5.75 Å². The van der Waals surface area contributed by atoms with Crippen LogP contribution >= 0.6 is 0 Å². The molecule has 0 radical (unpaired) electrons. The molecule has 2 nitrogen and oxygen atoms in total. The van der Waals surface area contributed by atoms with E-state index in [1.54, 1.807) is 12.1 Å². The van der Waals surface area contributed by atoms with Crippen molar-refractivity contribution in [2.24, 2.45) is 0 Å². The van der Waals surface area contributed by atoms with Gasteiger partial charge >= 0.3 is 6.61 Å². The van der Waals surface area contributed by atoms with Gasteiger partial charge in [0.2, 0.25) is 0 Å². The summed E-state index contributed by atoms with van der Waals surface area (Å²) in [6, 6.07) is 16.0. The molecule has 2 aromatic rings. The summed E-state index contributed by atoms with van der Waals surface area (Å²) in [6.07, 6.45) is 0. The molecule has 0 saturated heterocycles. The topological polar surface area (TPSA) is 21.3 Å².